The molecule has 202 valence electrons. The first-order chi connectivity index (χ1) is 17.5. The van der Waals surface area contributed by atoms with Crippen LogP contribution < -0.4 is 9.62 Å². The molecule has 7 nitrogen and oxygen atoms in total. The van der Waals surface area contributed by atoms with Crippen molar-refractivity contribution in [3.8, 4) is 0 Å². The lowest BCUT2D eigenvalue weighted by molar-refractivity contribution is -0.140. The van der Waals surface area contributed by atoms with Crippen molar-refractivity contribution < 1.29 is 18.0 Å². The Balaban J connectivity index is 1.75. The van der Waals surface area contributed by atoms with Crippen molar-refractivity contribution in [2.45, 2.75) is 71.0 Å². The third-order valence-electron chi connectivity index (χ3n) is 6.76. The Hall–Kier alpha value is -2.29. The van der Waals surface area contributed by atoms with Crippen LogP contribution in [0.25, 0.3) is 0 Å². The topological polar surface area (TPSA) is 86.8 Å². The van der Waals surface area contributed by atoms with Crippen molar-refractivity contribution >= 4 is 50.7 Å². The number of carbonyl (C=O) groups excluding carboxylic acids is 2. The van der Waals surface area contributed by atoms with Gasteiger partial charge in [-0.15, -0.1) is 0 Å². The zero-order valence-corrected chi connectivity index (χ0v) is 23.9. The molecule has 2 amide bonds. The number of rotatable bonds is 11. The first-order valence-electron chi connectivity index (χ1n) is 12.5. The molecule has 1 N–H and O–H groups in total. The fraction of sp³-hybridized carbons (Fsp3) is 0.481. The Morgan fingerprint density at radius 3 is 2.41 bits per heavy atom. The van der Waals surface area contributed by atoms with Crippen LogP contribution >= 0.6 is 23.2 Å². The van der Waals surface area contributed by atoms with Crippen LogP contribution in [-0.2, 0) is 26.2 Å². The van der Waals surface area contributed by atoms with E-state index < -0.39 is 16.1 Å². The Kier molecular flexibility index (Phi) is 10.3. The fourth-order valence-corrected chi connectivity index (χ4v) is 6.12. The summed E-state index contributed by atoms with van der Waals surface area (Å²) in [5.74, 6) is -0.457. The smallest absolute Gasteiger partial charge is 0.242 e. The number of halogens is 2. The molecule has 0 bridgehead atoms. The third-order valence-corrected chi connectivity index (χ3v) is 8.53. The van der Waals surface area contributed by atoms with Crippen molar-refractivity contribution in [1.82, 2.24) is 10.2 Å². The number of para-hydroxylation sites is 1. The summed E-state index contributed by atoms with van der Waals surface area (Å²) in [4.78, 5) is 28.0. The lowest BCUT2D eigenvalue weighted by atomic mass is 10.1. The predicted molar refractivity (Wildman–Crippen MR) is 149 cm³/mol. The van der Waals surface area contributed by atoms with Crippen LogP contribution in [0.3, 0.4) is 0 Å². The number of aryl methyl sites for hydroxylation is 1. The molecule has 1 saturated carbocycles. The van der Waals surface area contributed by atoms with Crippen LogP contribution in [0.15, 0.2) is 42.5 Å². The van der Waals surface area contributed by atoms with E-state index in [2.05, 4.69) is 5.32 Å². The summed E-state index contributed by atoms with van der Waals surface area (Å²) in [5, 5.41) is 3.97. The number of nitrogens with one attached hydrogen (secondary N) is 1. The largest absolute Gasteiger partial charge is 0.352 e. The minimum Gasteiger partial charge on any atom is -0.352 e. The second kappa shape index (κ2) is 13.0. The summed E-state index contributed by atoms with van der Waals surface area (Å²) >= 11 is 12.4. The van der Waals surface area contributed by atoms with E-state index in [9.17, 15) is 18.0 Å². The summed E-state index contributed by atoms with van der Waals surface area (Å²) in [7, 11) is -3.55. The minimum atomic E-state index is -3.55. The van der Waals surface area contributed by atoms with E-state index in [0.717, 1.165) is 37.5 Å². The van der Waals surface area contributed by atoms with Gasteiger partial charge in [0.2, 0.25) is 21.8 Å². The molecule has 1 unspecified atom stereocenters. The highest BCUT2D eigenvalue weighted by atomic mass is 35.5. The number of nitrogens with zero attached hydrogens (tertiary/aromatic N) is 2. The maximum absolute atomic E-state index is 13.5. The highest BCUT2D eigenvalue weighted by Gasteiger charge is 2.29. The van der Waals surface area contributed by atoms with E-state index in [1.165, 1.54) is 9.21 Å². The molecule has 1 aliphatic rings. The number of hydrogen-bond donors (Lipinski definition) is 1. The van der Waals surface area contributed by atoms with E-state index in [4.69, 9.17) is 23.2 Å². The van der Waals surface area contributed by atoms with Crippen LogP contribution in [0, 0.1) is 6.92 Å². The van der Waals surface area contributed by atoms with E-state index in [-0.39, 0.29) is 37.4 Å². The Bertz CT molecular complexity index is 1220. The van der Waals surface area contributed by atoms with Crippen molar-refractivity contribution in [3.05, 3.63) is 63.6 Å². The molecule has 37 heavy (non-hydrogen) atoms. The lowest BCUT2D eigenvalue weighted by Crippen LogP contribution is -2.49. The summed E-state index contributed by atoms with van der Waals surface area (Å²) in [6.07, 6.45) is 5.57. The Morgan fingerprint density at radius 1 is 1.11 bits per heavy atom. The van der Waals surface area contributed by atoms with Gasteiger partial charge in [-0.05, 0) is 62.4 Å². The van der Waals surface area contributed by atoms with Gasteiger partial charge < -0.3 is 10.2 Å². The zero-order valence-electron chi connectivity index (χ0n) is 21.5. The van der Waals surface area contributed by atoms with Gasteiger partial charge in [0.05, 0.1) is 11.9 Å². The summed E-state index contributed by atoms with van der Waals surface area (Å²) in [5.41, 5.74) is 2.10. The summed E-state index contributed by atoms with van der Waals surface area (Å²) in [6.45, 7) is 3.85. The van der Waals surface area contributed by atoms with Crippen LogP contribution in [-0.4, -0.2) is 50.0 Å². The quantitative estimate of drug-likeness (QED) is 0.398. The minimum absolute atomic E-state index is 0.0736. The number of benzene rings is 2. The molecule has 0 heterocycles. The molecule has 1 fully saturated rings. The Morgan fingerprint density at radius 2 is 1.78 bits per heavy atom. The molecule has 1 atom stereocenters. The average molecular weight is 569 g/mol. The molecule has 0 saturated heterocycles. The lowest BCUT2D eigenvalue weighted by Gasteiger charge is -2.30. The zero-order chi connectivity index (χ0) is 27.2. The molecule has 2 aromatic carbocycles. The van der Waals surface area contributed by atoms with E-state index >= 15 is 0 Å². The molecule has 0 aromatic heterocycles. The molecular formula is C27H35Cl2N3O4S. The fourth-order valence-electron chi connectivity index (χ4n) is 4.63. The Labute approximate surface area is 230 Å². The first-order valence-corrected chi connectivity index (χ1v) is 15.1. The van der Waals surface area contributed by atoms with Gasteiger partial charge in [0, 0.05) is 35.6 Å². The van der Waals surface area contributed by atoms with Crippen LogP contribution in [0.2, 0.25) is 10.0 Å². The van der Waals surface area contributed by atoms with Gasteiger partial charge in [-0.2, -0.15) is 0 Å². The van der Waals surface area contributed by atoms with Gasteiger partial charge in [0.15, 0.2) is 0 Å². The van der Waals surface area contributed by atoms with Gasteiger partial charge >= 0.3 is 0 Å². The number of amides is 2. The van der Waals surface area contributed by atoms with Gasteiger partial charge in [0.25, 0.3) is 0 Å². The molecule has 10 heteroatoms. The maximum atomic E-state index is 13.5. The first kappa shape index (κ1) is 29.3. The molecule has 0 radical (unpaired) electrons. The molecule has 0 spiro atoms. The van der Waals surface area contributed by atoms with Crippen molar-refractivity contribution in [1.29, 1.82) is 0 Å². The summed E-state index contributed by atoms with van der Waals surface area (Å²) < 4.78 is 26.4. The normalized spacial score (nSPS) is 14.8. The number of hydrogen-bond acceptors (Lipinski definition) is 4. The highest BCUT2D eigenvalue weighted by molar-refractivity contribution is 7.92. The maximum Gasteiger partial charge on any atom is 0.242 e. The standard InChI is InChI=1S/C27H35Cl2N3O4S/c1-19-9-4-7-12-25(19)32(37(3,35)36)16-8-13-26(33)31(18-21-14-15-22(28)17-24(21)29)20(2)27(34)30-23-10-5-6-11-23/h4,7,9,12,14-15,17,20,23H,5-6,8,10-11,13,16,18H2,1-3H3,(H,30,34). The van der Waals surface area contributed by atoms with E-state index in [0.29, 0.717) is 27.7 Å². The van der Waals surface area contributed by atoms with E-state index in [1.54, 1.807) is 37.3 Å². The molecule has 2 aromatic rings. The van der Waals surface area contributed by atoms with Gasteiger partial charge in [-0.1, -0.05) is 60.3 Å². The third kappa shape index (κ3) is 8.09. The second-order valence-electron chi connectivity index (χ2n) is 9.65. The SMILES string of the molecule is Cc1ccccc1N(CCCC(=O)N(Cc1ccc(Cl)cc1Cl)C(C)C(=O)NC1CCCC1)S(C)(=O)=O. The monoisotopic (exact) mass is 567 g/mol. The molecule has 0 aliphatic heterocycles. The molecular weight excluding hydrogens is 533 g/mol. The molecule has 1 aliphatic carbocycles. The van der Waals surface area contributed by atoms with Crippen LogP contribution in [0.5, 0.6) is 0 Å². The highest BCUT2D eigenvalue weighted by Crippen LogP contribution is 2.25. The predicted octanol–water partition coefficient (Wildman–Crippen LogP) is 5.32. The number of anilines is 1. The van der Waals surface area contributed by atoms with Crippen LogP contribution in [0.1, 0.15) is 56.6 Å². The van der Waals surface area contributed by atoms with Crippen molar-refractivity contribution in [2.24, 2.45) is 0 Å². The van der Waals surface area contributed by atoms with Gasteiger partial charge in [-0.25, -0.2) is 8.42 Å². The van der Waals surface area contributed by atoms with Gasteiger partial charge in [-0.3, -0.25) is 13.9 Å². The van der Waals surface area contributed by atoms with E-state index in [1.807, 2.05) is 19.1 Å². The van der Waals surface area contributed by atoms with Gasteiger partial charge in [0.1, 0.15) is 6.04 Å². The average Bonchev–Trinajstić information content (AvgIpc) is 3.34. The molecule has 3 rings (SSSR count). The second-order valence-corrected chi connectivity index (χ2v) is 12.4. The number of carbonyl (C=O) groups is 2. The van der Waals surface area contributed by atoms with Crippen molar-refractivity contribution in [3.63, 3.8) is 0 Å². The summed E-state index contributed by atoms with van der Waals surface area (Å²) in [6, 6.07) is 11.7. The number of sulfonamides is 1. The van der Waals surface area contributed by atoms with Crippen LogP contribution in [0.4, 0.5) is 5.69 Å². The van der Waals surface area contributed by atoms with Crippen molar-refractivity contribution in [2.75, 3.05) is 17.1 Å².